The number of methoxy groups -OCH3 is 1. The van der Waals surface area contributed by atoms with Gasteiger partial charge >= 0.3 is 5.97 Å². The summed E-state index contributed by atoms with van der Waals surface area (Å²) >= 11 is 0. The maximum absolute atomic E-state index is 10.9. The predicted molar refractivity (Wildman–Crippen MR) is 56.1 cm³/mol. The Labute approximate surface area is 86.2 Å². The van der Waals surface area contributed by atoms with Gasteiger partial charge in [0.25, 0.3) is 0 Å². The van der Waals surface area contributed by atoms with Crippen molar-refractivity contribution in [3.8, 4) is 0 Å². The molecule has 0 saturated heterocycles. The molecule has 1 rings (SSSR count). The summed E-state index contributed by atoms with van der Waals surface area (Å²) in [6, 6.07) is 0.502. The number of ether oxygens (including phenoxy) is 1. The highest BCUT2D eigenvalue weighted by Gasteiger charge is 2.26. The molecule has 3 nitrogen and oxygen atoms in total. The summed E-state index contributed by atoms with van der Waals surface area (Å²) in [6.45, 7) is 4.97. The molecule has 0 radical (unpaired) electrons. The Kier molecular flexibility index (Phi) is 3.93. The van der Waals surface area contributed by atoms with Crippen LogP contribution in [0.5, 0.6) is 0 Å². The van der Waals surface area contributed by atoms with Crippen LogP contribution in [-0.4, -0.2) is 25.7 Å². The van der Waals surface area contributed by atoms with E-state index in [0.717, 1.165) is 0 Å². The Morgan fingerprint density at radius 1 is 1.43 bits per heavy atom. The number of nitrogens with one attached hydrogen (secondary N) is 1. The van der Waals surface area contributed by atoms with Crippen molar-refractivity contribution in [2.75, 3.05) is 13.7 Å². The van der Waals surface area contributed by atoms with Crippen LogP contribution in [0.4, 0.5) is 0 Å². The number of carbonyl (C=O) groups excluding carboxylic acids is 1. The fraction of sp³-hybridized carbons (Fsp3) is 0.909. The summed E-state index contributed by atoms with van der Waals surface area (Å²) in [5.74, 6) is -0.171. The summed E-state index contributed by atoms with van der Waals surface area (Å²) in [5.41, 5.74) is 0.490. The molecule has 0 heterocycles. The van der Waals surface area contributed by atoms with Gasteiger partial charge in [-0.2, -0.15) is 0 Å². The minimum atomic E-state index is -0.171. The molecule has 3 heteroatoms. The highest BCUT2D eigenvalue weighted by Crippen LogP contribution is 2.34. The van der Waals surface area contributed by atoms with Gasteiger partial charge in [-0.15, -0.1) is 0 Å². The first-order chi connectivity index (χ1) is 6.53. The van der Waals surface area contributed by atoms with Crippen molar-refractivity contribution in [2.24, 2.45) is 5.41 Å². The van der Waals surface area contributed by atoms with E-state index in [-0.39, 0.29) is 5.97 Å². The van der Waals surface area contributed by atoms with E-state index < -0.39 is 0 Å². The van der Waals surface area contributed by atoms with Crippen molar-refractivity contribution in [3.05, 3.63) is 0 Å². The zero-order chi connectivity index (χ0) is 10.6. The lowest BCUT2D eigenvalue weighted by Crippen LogP contribution is -2.38. The van der Waals surface area contributed by atoms with Gasteiger partial charge in [-0.05, 0) is 31.1 Å². The Balaban J connectivity index is 2.19. The normalized spacial score (nSPS) is 21.9. The van der Waals surface area contributed by atoms with E-state index in [0.29, 0.717) is 18.0 Å². The van der Waals surface area contributed by atoms with Crippen LogP contribution in [0.2, 0.25) is 0 Å². The van der Waals surface area contributed by atoms with E-state index in [9.17, 15) is 4.79 Å². The van der Waals surface area contributed by atoms with Gasteiger partial charge in [-0.3, -0.25) is 4.79 Å². The Morgan fingerprint density at radius 2 is 2.00 bits per heavy atom. The van der Waals surface area contributed by atoms with Crippen LogP contribution in [-0.2, 0) is 9.53 Å². The fourth-order valence-corrected chi connectivity index (χ4v) is 1.90. The smallest absolute Gasteiger partial charge is 0.319 e. The molecule has 1 aliphatic carbocycles. The average molecular weight is 199 g/mol. The van der Waals surface area contributed by atoms with E-state index >= 15 is 0 Å². The molecule has 1 N–H and O–H groups in total. The topological polar surface area (TPSA) is 38.3 Å². The van der Waals surface area contributed by atoms with Crippen LogP contribution in [0.15, 0.2) is 0 Å². The standard InChI is InChI=1S/C11H21NO2/c1-11(2)6-4-9(5-7-11)12-8-10(13)14-3/h9,12H,4-8H2,1-3H3. The number of hydrogen-bond donors (Lipinski definition) is 1. The maximum Gasteiger partial charge on any atom is 0.319 e. The van der Waals surface area contributed by atoms with Gasteiger partial charge in [0, 0.05) is 6.04 Å². The molecule has 14 heavy (non-hydrogen) atoms. The average Bonchev–Trinajstić information content (AvgIpc) is 2.16. The SMILES string of the molecule is COC(=O)CNC1CCC(C)(C)CC1. The third-order valence-electron chi connectivity index (χ3n) is 3.10. The lowest BCUT2D eigenvalue weighted by atomic mass is 9.75. The first-order valence-corrected chi connectivity index (χ1v) is 5.34. The zero-order valence-electron chi connectivity index (χ0n) is 9.43. The van der Waals surface area contributed by atoms with Crippen LogP contribution in [0.1, 0.15) is 39.5 Å². The minimum Gasteiger partial charge on any atom is -0.468 e. The second-order valence-corrected chi connectivity index (χ2v) is 4.90. The Morgan fingerprint density at radius 3 is 2.50 bits per heavy atom. The predicted octanol–water partition coefficient (Wildman–Crippen LogP) is 1.72. The summed E-state index contributed by atoms with van der Waals surface area (Å²) in [6.07, 6.45) is 4.83. The van der Waals surface area contributed by atoms with Crippen molar-refractivity contribution in [3.63, 3.8) is 0 Å². The van der Waals surface area contributed by atoms with Crippen molar-refractivity contribution in [1.82, 2.24) is 5.32 Å². The van der Waals surface area contributed by atoms with Crippen LogP contribution in [0, 0.1) is 5.41 Å². The number of esters is 1. The van der Waals surface area contributed by atoms with Crippen LogP contribution >= 0.6 is 0 Å². The van der Waals surface area contributed by atoms with Gasteiger partial charge in [-0.25, -0.2) is 0 Å². The molecule has 1 aliphatic rings. The molecule has 0 aromatic heterocycles. The summed E-state index contributed by atoms with van der Waals surface area (Å²) in [5, 5.41) is 3.24. The number of rotatable bonds is 3. The molecule has 0 unspecified atom stereocenters. The molecule has 0 aromatic rings. The van der Waals surface area contributed by atoms with Gasteiger partial charge in [0.05, 0.1) is 13.7 Å². The lowest BCUT2D eigenvalue weighted by molar-refractivity contribution is -0.139. The molecule has 1 saturated carbocycles. The van der Waals surface area contributed by atoms with Gasteiger partial charge in [0.1, 0.15) is 0 Å². The van der Waals surface area contributed by atoms with Crippen molar-refractivity contribution in [1.29, 1.82) is 0 Å². The first-order valence-electron chi connectivity index (χ1n) is 5.34. The fourth-order valence-electron chi connectivity index (χ4n) is 1.90. The monoisotopic (exact) mass is 199 g/mol. The van der Waals surface area contributed by atoms with Gasteiger partial charge in [-0.1, -0.05) is 13.8 Å². The van der Waals surface area contributed by atoms with Gasteiger partial charge < -0.3 is 10.1 Å². The summed E-state index contributed by atoms with van der Waals surface area (Å²) in [4.78, 5) is 10.9. The summed E-state index contributed by atoms with van der Waals surface area (Å²) in [7, 11) is 1.42. The molecule has 0 aromatic carbocycles. The van der Waals surface area contributed by atoms with Crippen molar-refractivity contribution >= 4 is 5.97 Å². The largest absolute Gasteiger partial charge is 0.468 e. The molecular formula is C11H21NO2. The highest BCUT2D eigenvalue weighted by molar-refractivity contribution is 5.71. The van der Waals surface area contributed by atoms with Crippen LogP contribution in [0.25, 0.3) is 0 Å². The molecule has 0 atom stereocenters. The third kappa shape index (κ3) is 3.66. The van der Waals surface area contributed by atoms with E-state index in [2.05, 4.69) is 23.9 Å². The quantitative estimate of drug-likeness (QED) is 0.703. The van der Waals surface area contributed by atoms with Crippen molar-refractivity contribution < 1.29 is 9.53 Å². The van der Waals surface area contributed by atoms with E-state index in [1.165, 1.54) is 32.8 Å². The van der Waals surface area contributed by atoms with Crippen LogP contribution in [0.3, 0.4) is 0 Å². The Hall–Kier alpha value is -0.570. The Bertz CT molecular complexity index is 191. The molecular weight excluding hydrogens is 178 g/mol. The number of hydrogen-bond acceptors (Lipinski definition) is 3. The van der Waals surface area contributed by atoms with E-state index in [4.69, 9.17) is 0 Å². The second kappa shape index (κ2) is 4.78. The maximum atomic E-state index is 10.9. The third-order valence-corrected chi connectivity index (χ3v) is 3.10. The number of carbonyl (C=O) groups is 1. The van der Waals surface area contributed by atoms with E-state index in [1.807, 2.05) is 0 Å². The first kappa shape index (κ1) is 11.5. The highest BCUT2D eigenvalue weighted by atomic mass is 16.5. The molecule has 0 spiro atoms. The second-order valence-electron chi connectivity index (χ2n) is 4.90. The lowest BCUT2D eigenvalue weighted by Gasteiger charge is -2.34. The zero-order valence-corrected chi connectivity index (χ0v) is 9.43. The molecule has 82 valence electrons. The minimum absolute atomic E-state index is 0.171. The summed E-state index contributed by atoms with van der Waals surface area (Å²) < 4.78 is 4.58. The van der Waals surface area contributed by atoms with Crippen LogP contribution < -0.4 is 5.32 Å². The molecule has 1 fully saturated rings. The van der Waals surface area contributed by atoms with Gasteiger partial charge in [0.2, 0.25) is 0 Å². The van der Waals surface area contributed by atoms with E-state index in [1.54, 1.807) is 0 Å². The van der Waals surface area contributed by atoms with Gasteiger partial charge in [0.15, 0.2) is 0 Å². The molecule has 0 amide bonds. The van der Waals surface area contributed by atoms with Crippen molar-refractivity contribution in [2.45, 2.75) is 45.6 Å². The molecule has 0 aliphatic heterocycles. The molecule has 0 bridgehead atoms.